The molecule has 0 aliphatic rings. The molecule has 0 fully saturated rings. The smallest absolute Gasteiger partial charge is 0.0996 e. The lowest BCUT2D eigenvalue weighted by Crippen LogP contribution is -2.10. The molecule has 0 unspecified atom stereocenters. The zero-order chi connectivity index (χ0) is 12.1. The molecule has 1 heterocycles. The molecule has 0 atom stereocenters. The molecule has 1 aromatic heterocycles. The van der Waals surface area contributed by atoms with Crippen molar-refractivity contribution in [2.24, 2.45) is 0 Å². The third kappa shape index (κ3) is 2.71. The number of benzene rings is 1. The molecule has 4 nitrogen and oxygen atoms in total. The lowest BCUT2D eigenvalue weighted by molar-refractivity contribution is 0.622. The highest BCUT2D eigenvalue weighted by Crippen LogP contribution is 2.09. The maximum Gasteiger partial charge on any atom is 0.0996 e. The van der Waals surface area contributed by atoms with Gasteiger partial charge in [0.15, 0.2) is 0 Å². The van der Waals surface area contributed by atoms with Crippen molar-refractivity contribution in [1.29, 1.82) is 0 Å². The van der Waals surface area contributed by atoms with Crippen LogP contribution in [0.1, 0.15) is 23.9 Å². The van der Waals surface area contributed by atoms with Crippen molar-refractivity contribution < 1.29 is 0 Å². The summed E-state index contributed by atoms with van der Waals surface area (Å²) in [7, 11) is 1.93. The Morgan fingerprint density at radius 1 is 1.24 bits per heavy atom. The summed E-state index contributed by atoms with van der Waals surface area (Å²) in [5.74, 6) is 0. The van der Waals surface area contributed by atoms with E-state index in [0.717, 1.165) is 25.2 Å². The molecule has 0 bridgehead atoms. The van der Waals surface area contributed by atoms with E-state index >= 15 is 0 Å². The molecule has 90 valence electrons. The molecule has 17 heavy (non-hydrogen) atoms. The van der Waals surface area contributed by atoms with Crippen LogP contribution in [0, 0.1) is 0 Å². The molecule has 1 N–H and O–H groups in total. The Morgan fingerprint density at radius 2 is 2.00 bits per heavy atom. The van der Waals surface area contributed by atoms with Crippen LogP contribution in [0.15, 0.2) is 30.3 Å². The van der Waals surface area contributed by atoms with Gasteiger partial charge in [-0.25, -0.2) is 4.68 Å². The maximum atomic E-state index is 4.23. The minimum Gasteiger partial charge on any atom is -0.314 e. The number of nitrogens with zero attached hydrogens (tertiary/aromatic N) is 3. The van der Waals surface area contributed by atoms with Gasteiger partial charge in [0, 0.05) is 6.54 Å². The molecule has 0 aliphatic heterocycles. The lowest BCUT2D eigenvalue weighted by Gasteiger charge is -2.06. The van der Waals surface area contributed by atoms with E-state index in [2.05, 4.69) is 34.7 Å². The molecule has 2 rings (SSSR count). The van der Waals surface area contributed by atoms with Crippen molar-refractivity contribution in [1.82, 2.24) is 20.3 Å². The first-order valence-electron chi connectivity index (χ1n) is 5.95. The summed E-state index contributed by atoms with van der Waals surface area (Å²) in [6, 6.07) is 10.3. The van der Waals surface area contributed by atoms with Crippen LogP contribution in [0.4, 0.5) is 0 Å². The normalized spacial score (nSPS) is 10.7. The molecule has 0 aliphatic carbocycles. The molecule has 0 radical (unpaired) electrons. The second-order valence-electron chi connectivity index (χ2n) is 4.01. The summed E-state index contributed by atoms with van der Waals surface area (Å²) < 4.78 is 1.99. The van der Waals surface area contributed by atoms with Crippen LogP contribution < -0.4 is 5.32 Å². The predicted octanol–water partition coefficient (Wildman–Crippen LogP) is 1.61. The Balaban J connectivity index is 2.21. The Bertz CT molecular complexity index is 462. The molecule has 1 aromatic carbocycles. The van der Waals surface area contributed by atoms with E-state index in [0.29, 0.717) is 0 Å². The van der Waals surface area contributed by atoms with E-state index in [1.54, 1.807) is 0 Å². The summed E-state index contributed by atoms with van der Waals surface area (Å²) in [5.41, 5.74) is 3.51. The zero-order valence-electron chi connectivity index (χ0n) is 10.3. The van der Waals surface area contributed by atoms with Crippen molar-refractivity contribution in [2.75, 3.05) is 7.05 Å². The van der Waals surface area contributed by atoms with E-state index in [1.165, 1.54) is 11.3 Å². The number of rotatable bonds is 5. The standard InChI is InChI=1S/C13H18N4/c1-3-13-12(9-14-2)15-16-17(13)10-11-7-5-4-6-8-11/h4-8,14H,3,9-10H2,1-2H3. The van der Waals surface area contributed by atoms with Gasteiger partial charge in [-0.15, -0.1) is 5.10 Å². The lowest BCUT2D eigenvalue weighted by atomic mass is 10.2. The van der Waals surface area contributed by atoms with Gasteiger partial charge >= 0.3 is 0 Å². The summed E-state index contributed by atoms with van der Waals surface area (Å²) in [4.78, 5) is 0. The number of hydrogen-bond donors (Lipinski definition) is 1. The summed E-state index contributed by atoms with van der Waals surface area (Å²) >= 11 is 0. The highest BCUT2D eigenvalue weighted by molar-refractivity contribution is 5.17. The third-order valence-corrected chi connectivity index (χ3v) is 2.77. The van der Waals surface area contributed by atoms with Crippen LogP contribution in [-0.2, 0) is 19.5 Å². The molecular weight excluding hydrogens is 212 g/mol. The molecule has 0 saturated heterocycles. The van der Waals surface area contributed by atoms with E-state index in [1.807, 2.05) is 29.9 Å². The average Bonchev–Trinajstić information content (AvgIpc) is 2.73. The van der Waals surface area contributed by atoms with Gasteiger partial charge in [0.1, 0.15) is 0 Å². The van der Waals surface area contributed by atoms with Gasteiger partial charge in [0.05, 0.1) is 17.9 Å². The number of hydrogen-bond acceptors (Lipinski definition) is 3. The summed E-state index contributed by atoms with van der Waals surface area (Å²) in [6.45, 7) is 3.71. The Labute approximate surface area is 102 Å². The van der Waals surface area contributed by atoms with Crippen LogP contribution in [-0.4, -0.2) is 22.0 Å². The van der Waals surface area contributed by atoms with Gasteiger partial charge in [-0.3, -0.25) is 0 Å². The van der Waals surface area contributed by atoms with Crippen LogP contribution in [0.3, 0.4) is 0 Å². The first-order valence-corrected chi connectivity index (χ1v) is 5.95. The number of aromatic nitrogens is 3. The van der Waals surface area contributed by atoms with E-state index in [9.17, 15) is 0 Å². The fraction of sp³-hybridized carbons (Fsp3) is 0.385. The number of nitrogens with one attached hydrogen (secondary N) is 1. The van der Waals surface area contributed by atoms with Gasteiger partial charge in [0.2, 0.25) is 0 Å². The quantitative estimate of drug-likeness (QED) is 0.848. The highest BCUT2D eigenvalue weighted by atomic mass is 15.4. The van der Waals surface area contributed by atoms with Crippen LogP contribution >= 0.6 is 0 Å². The second-order valence-corrected chi connectivity index (χ2v) is 4.01. The average molecular weight is 230 g/mol. The van der Waals surface area contributed by atoms with Gasteiger partial charge < -0.3 is 5.32 Å². The topological polar surface area (TPSA) is 42.7 Å². The predicted molar refractivity (Wildman–Crippen MR) is 67.7 cm³/mol. The van der Waals surface area contributed by atoms with Gasteiger partial charge in [-0.1, -0.05) is 42.5 Å². The Morgan fingerprint density at radius 3 is 2.65 bits per heavy atom. The maximum absolute atomic E-state index is 4.23. The molecule has 0 spiro atoms. The fourth-order valence-electron chi connectivity index (χ4n) is 1.94. The van der Waals surface area contributed by atoms with Crippen molar-refractivity contribution >= 4 is 0 Å². The Hall–Kier alpha value is -1.68. The SMILES string of the molecule is CCc1c(CNC)nnn1Cc1ccccc1. The molecule has 0 amide bonds. The van der Waals surface area contributed by atoms with Crippen molar-refractivity contribution in [3.63, 3.8) is 0 Å². The van der Waals surface area contributed by atoms with E-state index in [-0.39, 0.29) is 0 Å². The minimum absolute atomic E-state index is 0.776. The van der Waals surface area contributed by atoms with Gasteiger partial charge in [-0.2, -0.15) is 0 Å². The van der Waals surface area contributed by atoms with Gasteiger partial charge in [0.25, 0.3) is 0 Å². The fourth-order valence-corrected chi connectivity index (χ4v) is 1.94. The van der Waals surface area contributed by atoms with Crippen molar-refractivity contribution in [3.8, 4) is 0 Å². The molecule has 4 heteroatoms. The van der Waals surface area contributed by atoms with Crippen molar-refractivity contribution in [2.45, 2.75) is 26.4 Å². The monoisotopic (exact) mass is 230 g/mol. The zero-order valence-corrected chi connectivity index (χ0v) is 10.3. The van der Waals surface area contributed by atoms with Gasteiger partial charge in [-0.05, 0) is 19.0 Å². The first kappa shape index (κ1) is 11.8. The van der Waals surface area contributed by atoms with Crippen molar-refractivity contribution in [3.05, 3.63) is 47.3 Å². The molecular formula is C13H18N4. The highest BCUT2D eigenvalue weighted by Gasteiger charge is 2.10. The van der Waals surface area contributed by atoms with Crippen LogP contribution in [0.5, 0.6) is 0 Å². The van der Waals surface area contributed by atoms with E-state index < -0.39 is 0 Å². The third-order valence-electron chi connectivity index (χ3n) is 2.77. The second kappa shape index (κ2) is 5.59. The minimum atomic E-state index is 0.776. The summed E-state index contributed by atoms with van der Waals surface area (Å²) in [5, 5.41) is 11.6. The summed E-state index contributed by atoms with van der Waals surface area (Å²) in [6.07, 6.45) is 0.955. The van der Waals surface area contributed by atoms with Crippen LogP contribution in [0.25, 0.3) is 0 Å². The Kier molecular flexibility index (Phi) is 3.88. The molecule has 2 aromatic rings. The van der Waals surface area contributed by atoms with Crippen LogP contribution in [0.2, 0.25) is 0 Å². The molecule has 0 saturated carbocycles. The van der Waals surface area contributed by atoms with E-state index in [4.69, 9.17) is 0 Å². The first-order chi connectivity index (χ1) is 8.35. The largest absolute Gasteiger partial charge is 0.314 e.